The summed E-state index contributed by atoms with van der Waals surface area (Å²) in [5, 5.41) is 0. The van der Waals surface area contributed by atoms with Crippen LogP contribution in [0.1, 0.15) is 49.6 Å². The molecule has 1 aromatic heterocycles. The van der Waals surface area contributed by atoms with Crippen LogP contribution >= 0.6 is 0 Å². The molecule has 3 heteroatoms. The first-order valence-electron chi connectivity index (χ1n) is 6.67. The van der Waals surface area contributed by atoms with Crippen LogP contribution in [0.2, 0.25) is 0 Å². The lowest BCUT2D eigenvalue weighted by atomic mass is 10.1. The van der Waals surface area contributed by atoms with Crippen molar-refractivity contribution in [2.24, 2.45) is 11.8 Å². The number of nitrogens with zero attached hydrogens (tertiary/aromatic N) is 1. The van der Waals surface area contributed by atoms with Crippen LogP contribution in [0, 0.1) is 25.7 Å². The first-order chi connectivity index (χ1) is 8.31. The summed E-state index contributed by atoms with van der Waals surface area (Å²) >= 11 is 0. The SMILES string of the molecule is Cc1cc(C(=O)N(CC(C)C)CC(C)C)c(C)o1. The molecule has 0 unspecified atom stereocenters. The van der Waals surface area contributed by atoms with Crippen molar-refractivity contribution in [3.8, 4) is 0 Å². The minimum absolute atomic E-state index is 0.0896. The highest BCUT2D eigenvalue weighted by Gasteiger charge is 2.21. The largest absolute Gasteiger partial charge is 0.466 e. The van der Waals surface area contributed by atoms with Crippen LogP contribution in [-0.4, -0.2) is 23.9 Å². The van der Waals surface area contributed by atoms with Gasteiger partial charge in [-0.15, -0.1) is 0 Å². The van der Waals surface area contributed by atoms with E-state index in [-0.39, 0.29) is 5.91 Å². The van der Waals surface area contributed by atoms with E-state index in [1.54, 1.807) is 0 Å². The van der Waals surface area contributed by atoms with Crippen LogP contribution in [0.4, 0.5) is 0 Å². The third kappa shape index (κ3) is 3.90. The lowest BCUT2D eigenvalue weighted by Crippen LogP contribution is -2.37. The average Bonchev–Trinajstić information content (AvgIpc) is 2.54. The van der Waals surface area contributed by atoms with E-state index in [1.807, 2.05) is 24.8 Å². The summed E-state index contributed by atoms with van der Waals surface area (Å²) in [5.41, 5.74) is 0.703. The van der Waals surface area contributed by atoms with E-state index in [0.717, 1.165) is 24.6 Å². The smallest absolute Gasteiger partial charge is 0.257 e. The van der Waals surface area contributed by atoms with Crippen molar-refractivity contribution in [2.75, 3.05) is 13.1 Å². The molecule has 0 fully saturated rings. The third-order valence-corrected chi connectivity index (χ3v) is 2.73. The van der Waals surface area contributed by atoms with Crippen molar-refractivity contribution < 1.29 is 9.21 Å². The molecule has 1 heterocycles. The lowest BCUT2D eigenvalue weighted by Gasteiger charge is -2.26. The van der Waals surface area contributed by atoms with Crippen LogP contribution in [0.15, 0.2) is 10.5 Å². The Morgan fingerprint density at radius 2 is 1.67 bits per heavy atom. The molecule has 0 aliphatic heterocycles. The number of amides is 1. The number of carbonyl (C=O) groups is 1. The Bertz CT molecular complexity index is 395. The van der Waals surface area contributed by atoms with Crippen LogP contribution in [0.25, 0.3) is 0 Å². The van der Waals surface area contributed by atoms with Crippen molar-refractivity contribution in [3.05, 3.63) is 23.2 Å². The molecule has 0 atom stereocenters. The molecule has 0 saturated carbocycles. The van der Waals surface area contributed by atoms with Gasteiger partial charge in [-0.1, -0.05) is 27.7 Å². The Morgan fingerprint density at radius 3 is 2.00 bits per heavy atom. The van der Waals surface area contributed by atoms with Gasteiger partial charge in [-0.25, -0.2) is 0 Å². The standard InChI is InChI=1S/C15H25NO2/c1-10(2)8-16(9-11(3)4)15(17)14-7-12(5)18-13(14)6/h7,10-11H,8-9H2,1-6H3. The minimum Gasteiger partial charge on any atom is -0.466 e. The van der Waals surface area contributed by atoms with Gasteiger partial charge >= 0.3 is 0 Å². The number of hydrogen-bond donors (Lipinski definition) is 0. The molecule has 0 radical (unpaired) electrons. The topological polar surface area (TPSA) is 33.5 Å². The van der Waals surface area contributed by atoms with Gasteiger partial charge in [-0.3, -0.25) is 4.79 Å². The molecular formula is C15H25NO2. The molecule has 0 saturated heterocycles. The molecule has 0 bridgehead atoms. The Balaban J connectivity index is 2.91. The van der Waals surface area contributed by atoms with Gasteiger partial charge in [-0.2, -0.15) is 0 Å². The highest BCUT2D eigenvalue weighted by Crippen LogP contribution is 2.17. The molecule has 102 valence electrons. The highest BCUT2D eigenvalue weighted by atomic mass is 16.3. The van der Waals surface area contributed by atoms with Gasteiger partial charge in [0.2, 0.25) is 0 Å². The molecular weight excluding hydrogens is 226 g/mol. The molecule has 18 heavy (non-hydrogen) atoms. The van der Waals surface area contributed by atoms with E-state index in [9.17, 15) is 4.79 Å². The molecule has 1 amide bonds. The molecule has 0 aromatic carbocycles. The first-order valence-corrected chi connectivity index (χ1v) is 6.67. The van der Waals surface area contributed by atoms with Crippen molar-refractivity contribution in [3.63, 3.8) is 0 Å². The van der Waals surface area contributed by atoms with E-state index in [1.165, 1.54) is 0 Å². The fourth-order valence-corrected chi connectivity index (χ4v) is 2.14. The summed E-state index contributed by atoms with van der Waals surface area (Å²) in [6.45, 7) is 13.8. The van der Waals surface area contributed by atoms with Crippen molar-refractivity contribution >= 4 is 5.91 Å². The van der Waals surface area contributed by atoms with Crippen LogP contribution in [-0.2, 0) is 0 Å². The zero-order chi connectivity index (χ0) is 13.9. The van der Waals surface area contributed by atoms with E-state index in [4.69, 9.17) is 4.42 Å². The zero-order valence-electron chi connectivity index (χ0n) is 12.4. The summed E-state index contributed by atoms with van der Waals surface area (Å²) in [6.07, 6.45) is 0. The predicted molar refractivity (Wildman–Crippen MR) is 73.8 cm³/mol. The maximum absolute atomic E-state index is 12.5. The van der Waals surface area contributed by atoms with Gasteiger partial charge < -0.3 is 9.32 Å². The minimum atomic E-state index is 0.0896. The molecule has 1 rings (SSSR count). The van der Waals surface area contributed by atoms with Crippen molar-refractivity contribution in [1.82, 2.24) is 4.90 Å². The summed E-state index contributed by atoms with van der Waals surface area (Å²) in [7, 11) is 0. The summed E-state index contributed by atoms with van der Waals surface area (Å²) in [6, 6.07) is 1.84. The summed E-state index contributed by atoms with van der Waals surface area (Å²) in [5.74, 6) is 2.55. The fourth-order valence-electron chi connectivity index (χ4n) is 2.14. The molecule has 0 spiro atoms. The predicted octanol–water partition coefficient (Wildman–Crippen LogP) is 3.65. The molecule has 0 N–H and O–H groups in total. The molecule has 1 aromatic rings. The summed E-state index contributed by atoms with van der Waals surface area (Å²) in [4.78, 5) is 14.5. The van der Waals surface area contributed by atoms with E-state index in [2.05, 4.69) is 27.7 Å². The van der Waals surface area contributed by atoms with Crippen LogP contribution in [0.3, 0.4) is 0 Å². The van der Waals surface area contributed by atoms with Gasteiger partial charge in [-0.05, 0) is 31.7 Å². The second-order valence-corrected chi connectivity index (χ2v) is 5.82. The maximum Gasteiger partial charge on any atom is 0.257 e. The number of furan rings is 1. The van der Waals surface area contributed by atoms with Gasteiger partial charge in [0.05, 0.1) is 5.56 Å². The van der Waals surface area contributed by atoms with Crippen molar-refractivity contribution in [2.45, 2.75) is 41.5 Å². The quantitative estimate of drug-likeness (QED) is 0.800. The van der Waals surface area contributed by atoms with Crippen LogP contribution < -0.4 is 0 Å². The maximum atomic E-state index is 12.5. The van der Waals surface area contributed by atoms with Gasteiger partial charge in [0.15, 0.2) is 0 Å². The van der Waals surface area contributed by atoms with Crippen LogP contribution in [0.5, 0.6) is 0 Å². The third-order valence-electron chi connectivity index (χ3n) is 2.73. The Morgan fingerprint density at radius 1 is 1.17 bits per heavy atom. The Kier molecular flexibility index (Phi) is 5.00. The monoisotopic (exact) mass is 251 g/mol. The number of hydrogen-bond acceptors (Lipinski definition) is 2. The highest BCUT2D eigenvalue weighted by molar-refractivity contribution is 5.95. The Labute approximate surface area is 110 Å². The van der Waals surface area contributed by atoms with E-state index in [0.29, 0.717) is 17.4 Å². The molecule has 0 aliphatic carbocycles. The van der Waals surface area contributed by atoms with Crippen molar-refractivity contribution in [1.29, 1.82) is 0 Å². The Hall–Kier alpha value is -1.25. The van der Waals surface area contributed by atoms with Gasteiger partial charge in [0.1, 0.15) is 11.5 Å². The number of rotatable bonds is 5. The average molecular weight is 251 g/mol. The number of carbonyl (C=O) groups excluding carboxylic acids is 1. The fraction of sp³-hybridized carbons (Fsp3) is 0.667. The normalized spacial score (nSPS) is 11.3. The summed E-state index contributed by atoms with van der Waals surface area (Å²) < 4.78 is 5.45. The lowest BCUT2D eigenvalue weighted by molar-refractivity contribution is 0.0713. The van der Waals surface area contributed by atoms with Gasteiger partial charge in [0, 0.05) is 13.1 Å². The second kappa shape index (κ2) is 6.07. The van der Waals surface area contributed by atoms with Gasteiger partial charge in [0.25, 0.3) is 5.91 Å². The van der Waals surface area contributed by atoms with E-state index >= 15 is 0 Å². The molecule has 0 aliphatic rings. The zero-order valence-corrected chi connectivity index (χ0v) is 12.4. The second-order valence-electron chi connectivity index (χ2n) is 5.82. The molecule has 3 nitrogen and oxygen atoms in total. The van der Waals surface area contributed by atoms with E-state index < -0.39 is 0 Å². The number of aryl methyl sites for hydroxylation is 2. The first kappa shape index (κ1) is 14.8.